The molecule has 0 saturated carbocycles. The molecule has 132 valence electrons. The van der Waals surface area contributed by atoms with E-state index in [2.05, 4.69) is 10.6 Å². The Bertz CT molecular complexity index is 979. The topological polar surface area (TPSA) is 71.3 Å². The van der Waals surface area contributed by atoms with Crippen LogP contribution in [0.2, 0.25) is 5.02 Å². The summed E-state index contributed by atoms with van der Waals surface area (Å²) in [6.45, 7) is 3.30. The van der Waals surface area contributed by atoms with E-state index in [1.807, 2.05) is 25.1 Å². The van der Waals surface area contributed by atoms with E-state index in [4.69, 9.17) is 16.0 Å². The molecule has 3 rings (SSSR count). The van der Waals surface area contributed by atoms with E-state index in [0.29, 0.717) is 22.2 Å². The third-order valence-electron chi connectivity index (χ3n) is 3.76. The molecule has 0 radical (unpaired) electrons. The zero-order valence-corrected chi connectivity index (χ0v) is 15.1. The molecule has 6 heteroatoms. The van der Waals surface area contributed by atoms with Crippen molar-refractivity contribution in [3.05, 3.63) is 70.9 Å². The summed E-state index contributed by atoms with van der Waals surface area (Å²) in [5, 5.41) is 6.06. The third-order valence-corrected chi connectivity index (χ3v) is 4.09. The number of benzene rings is 2. The van der Waals surface area contributed by atoms with Gasteiger partial charge in [0.05, 0.1) is 5.02 Å². The van der Waals surface area contributed by atoms with E-state index in [9.17, 15) is 9.59 Å². The SMILES string of the molecule is CC(=O)Nc1ccc(NC(=O)c2ccc(-c3ccccc3Cl)o2)cc1C. The number of halogens is 1. The molecule has 0 aliphatic heterocycles. The van der Waals surface area contributed by atoms with Crippen molar-refractivity contribution in [3.63, 3.8) is 0 Å². The molecular formula is C20H17ClN2O3. The zero-order valence-electron chi connectivity index (χ0n) is 14.3. The van der Waals surface area contributed by atoms with Crippen LogP contribution in [0.15, 0.2) is 59.0 Å². The summed E-state index contributed by atoms with van der Waals surface area (Å²) in [5.74, 6) is 0.198. The highest BCUT2D eigenvalue weighted by Gasteiger charge is 2.14. The van der Waals surface area contributed by atoms with Crippen LogP contribution in [0, 0.1) is 6.92 Å². The van der Waals surface area contributed by atoms with Gasteiger partial charge in [0.25, 0.3) is 5.91 Å². The van der Waals surface area contributed by atoms with Gasteiger partial charge in [-0.2, -0.15) is 0 Å². The number of hydrogen-bond acceptors (Lipinski definition) is 3. The molecule has 3 aromatic rings. The molecule has 2 amide bonds. The molecule has 1 heterocycles. The zero-order chi connectivity index (χ0) is 18.7. The van der Waals surface area contributed by atoms with Crippen LogP contribution in [0.4, 0.5) is 11.4 Å². The van der Waals surface area contributed by atoms with Crippen molar-refractivity contribution in [2.24, 2.45) is 0 Å². The Morgan fingerprint density at radius 1 is 1.00 bits per heavy atom. The minimum Gasteiger partial charge on any atom is -0.451 e. The van der Waals surface area contributed by atoms with E-state index in [1.165, 1.54) is 6.92 Å². The number of amides is 2. The van der Waals surface area contributed by atoms with Crippen LogP contribution >= 0.6 is 11.6 Å². The van der Waals surface area contributed by atoms with E-state index < -0.39 is 0 Å². The van der Waals surface area contributed by atoms with Crippen LogP contribution < -0.4 is 10.6 Å². The van der Waals surface area contributed by atoms with Crippen molar-refractivity contribution in [3.8, 4) is 11.3 Å². The number of nitrogens with one attached hydrogen (secondary N) is 2. The standard InChI is InChI=1S/C20H17ClN2O3/c1-12-11-14(7-8-17(12)22-13(2)24)23-20(25)19-10-9-18(26-19)15-5-3-4-6-16(15)21/h3-11H,1-2H3,(H,22,24)(H,23,25). The Labute approximate surface area is 156 Å². The van der Waals surface area contributed by atoms with Gasteiger partial charge in [-0.05, 0) is 55.0 Å². The lowest BCUT2D eigenvalue weighted by Crippen LogP contribution is -2.12. The summed E-state index contributed by atoms with van der Waals surface area (Å²) in [6.07, 6.45) is 0. The molecule has 2 aromatic carbocycles. The Morgan fingerprint density at radius 3 is 2.46 bits per heavy atom. The van der Waals surface area contributed by atoms with Crippen LogP contribution in [0.5, 0.6) is 0 Å². The van der Waals surface area contributed by atoms with Gasteiger partial charge in [0.1, 0.15) is 5.76 Å². The fraction of sp³-hybridized carbons (Fsp3) is 0.100. The molecule has 0 atom stereocenters. The lowest BCUT2D eigenvalue weighted by Gasteiger charge is -2.09. The number of carbonyl (C=O) groups excluding carboxylic acids is 2. The monoisotopic (exact) mass is 368 g/mol. The Balaban J connectivity index is 1.76. The first kappa shape index (κ1) is 17.8. The van der Waals surface area contributed by atoms with Gasteiger partial charge in [-0.15, -0.1) is 0 Å². The summed E-state index contributed by atoms with van der Waals surface area (Å²) >= 11 is 6.16. The van der Waals surface area contributed by atoms with Gasteiger partial charge in [0.2, 0.25) is 5.91 Å². The fourth-order valence-corrected chi connectivity index (χ4v) is 2.76. The number of aryl methyl sites for hydroxylation is 1. The van der Waals surface area contributed by atoms with Crippen LogP contribution in [-0.4, -0.2) is 11.8 Å². The van der Waals surface area contributed by atoms with Gasteiger partial charge in [0.15, 0.2) is 5.76 Å². The highest BCUT2D eigenvalue weighted by Crippen LogP contribution is 2.29. The smallest absolute Gasteiger partial charge is 0.291 e. The summed E-state index contributed by atoms with van der Waals surface area (Å²) in [7, 11) is 0. The van der Waals surface area contributed by atoms with Crippen molar-refractivity contribution in [1.82, 2.24) is 0 Å². The van der Waals surface area contributed by atoms with Gasteiger partial charge in [0, 0.05) is 23.9 Å². The van der Waals surface area contributed by atoms with Crippen LogP contribution in [0.3, 0.4) is 0 Å². The maximum Gasteiger partial charge on any atom is 0.291 e. The quantitative estimate of drug-likeness (QED) is 0.671. The predicted octanol–water partition coefficient (Wildman–Crippen LogP) is 5.12. The second-order valence-electron chi connectivity index (χ2n) is 5.81. The second-order valence-corrected chi connectivity index (χ2v) is 6.22. The van der Waals surface area contributed by atoms with Crippen LogP contribution in [-0.2, 0) is 4.79 Å². The molecule has 0 fully saturated rings. The summed E-state index contributed by atoms with van der Waals surface area (Å²) < 4.78 is 5.64. The third kappa shape index (κ3) is 3.95. The molecule has 2 N–H and O–H groups in total. The van der Waals surface area contributed by atoms with Gasteiger partial charge in [-0.1, -0.05) is 23.7 Å². The molecule has 5 nitrogen and oxygen atoms in total. The van der Waals surface area contributed by atoms with Gasteiger partial charge < -0.3 is 15.1 Å². The Hall–Kier alpha value is -3.05. The number of anilines is 2. The molecule has 0 saturated heterocycles. The summed E-state index contributed by atoms with van der Waals surface area (Å²) in [4.78, 5) is 23.6. The van der Waals surface area contributed by atoms with Gasteiger partial charge >= 0.3 is 0 Å². The van der Waals surface area contributed by atoms with Crippen molar-refractivity contribution in [1.29, 1.82) is 0 Å². The Kier molecular flexibility index (Phi) is 5.09. The maximum absolute atomic E-state index is 12.4. The average molecular weight is 369 g/mol. The van der Waals surface area contributed by atoms with Gasteiger partial charge in [-0.3, -0.25) is 9.59 Å². The lowest BCUT2D eigenvalue weighted by molar-refractivity contribution is -0.114. The number of hydrogen-bond donors (Lipinski definition) is 2. The molecule has 0 aliphatic carbocycles. The largest absolute Gasteiger partial charge is 0.451 e. The highest BCUT2D eigenvalue weighted by atomic mass is 35.5. The van der Waals surface area contributed by atoms with E-state index in [-0.39, 0.29) is 17.6 Å². The number of carbonyl (C=O) groups is 2. The molecule has 1 aromatic heterocycles. The van der Waals surface area contributed by atoms with Crippen molar-refractivity contribution in [2.75, 3.05) is 10.6 Å². The Morgan fingerprint density at radius 2 is 1.77 bits per heavy atom. The molecule has 0 spiro atoms. The summed E-state index contributed by atoms with van der Waals surface area (Å²) in [5.41, 5.74) is 2.88. The fourth-order valence-electron chi connectivity index (χ4n) is 2.53. The minimum atomic E-state index is -0.366. The normalized spacial score (nSPS) is 10.4. The van der Waals surface area contributed by atoms with Gasteiger partial charge in [-0.25, -0.2) is 0 Å². The van der Waals surface area contributed by atoms with Crippen molar-refractivity contribution in [2.45, 2.75) is 13.8 Å². The lowest BCUT2D eigenvalue weighted by atomic mass is 10.1. The van der Waals surface area contributed by atoms with Crippen molar-refractivity contribution < 1.29 is 14.0 Å². The second kappa shape index (κ2) is 7.45. The highest BCUT2D eigenvalue weighted by molar-refractivity contribution is 6.33. The molecule has 0 aliphatic rings. The number of furan rings is 1. The first-order valence-corrected chi connectivity index (χ1v) is 8.36. The molecule has 0 unspecified atom stereocenters. The van der Waals surface area contributed by atoms with E-state index in [0.717, 1.165) is 11.1 Å². The summed E-state index contributed by atoms with van der Waals surface area (Å²) in [6, 6.07) is 15.8. The van der Waals surface area contributed by atoms with E-state index >= 15 is 0 Å². The number of rotatable bonds is 4. The molecule has 0 bridgehead atoms. The van der Waals surface area contributed by atoms with Crippen molar-refractivity contribution >= 4 is 34.8 Å². The minimum absolute atomic E-state index is 0.146. The first-order valence-electron chi connectivity index (χ1n) is 7.98. The molecule has 26 heavy (non-hydrogen) atoms. The average Bonchev–Trinajstić information content (AvgIpc) is 3.07. The first-order chi connectivity index (χ1) is 12.4. The van der Waals surface area contributed by atoms with E-state index in [1.54, 1.807) is 36.4 Å². The van der Waals surface area contributed by atoms with Crippen LogP contribution in [0.25, 0.3) is 11.3 Å². The van der Waals surface area contributed by atoms with Crippen LogP contribution in [0.1, 0.15) is 23.0 Å². The maximum atomic E-state index is 12.4. The predicted molar refractivity (Wildman–Crippen MR) is 103 cm³/mol. The molecular weight excluding hydrogens is 352 g/mol.